The van der Waals surface area contributed by atoms with Gasteiger partial charge in [-0.1, -0.05) is 12.2 Å². The predicted molar refractivity (Wildman–Crippen MR) is 52.2 cm³/mol. The zero-order valence-electron chi connectivity index (χ0n) is 8.18. The molecule has 0 unspecified atom stereocenters. The second-order valence-electron chi connectivity index (χ2n) is 3.10. The molecule has 0 saturated heterocycles. The van der Waals surface area contributed by atoms with Gasteiger partial charge in [-0.15, -0.1) is 0 Å². The Balaban J connectivity index is 3.19. The summed E-state index contributed by atoms with van der Waals surface area (Å²) in [6.07, 6.45) is 0. The summed E-state index contributed by atoms with van der Waals surface area (Å²) in [7, 11) is 2.06. The van der Waals surface area contributed by atoms with Crippen LogP contribution < -0.4 is 5.73 Å². The molecule has 72 valence electrons. The third-order valence-electron chi connectivity index (χ3n) is 1.42. The van der Waals surface area contributed by atoms with E-state index in [9.17, 15) is 0 Å². The lowest BCUT2D eigenvalue weighted by Gasteiger charge is -2.15. The highest BCUT2D eigenvalue weighted by atomic mass is 16.5. The predicted octanol–water partition coefficient (Wildman–Crippen LogP) is 0.470. The summed E-state index contributed by atoms with van der Waals surface area (Å²) in [5.74, 6) is 0. The van der Waals surface area contributed by atoms with E-state index in [0.717, 1.165) is 19.7 Å². The second-order valence-corrected chi connectivity index (χ2v) is 3.10. The maximum atomic E-state index is 5.27. The van der Waals surface area contributed by atoms with Crippen molar-refractivity contribution in [3.8, 4) is 0 Å². The standard InChI is InChI=1S/C9H20N2O/c1-9(2)8-11(3)5-7-12-6-4-10/h1,4-8,10H2,2-3H3. The van der Waals surface area contributed by atoms with Crippen molar-refractivity contribution in [2.75, 3.05) is 39.9 Å². The number of likely N-dealkylation sites (N-methyl/N-ethyl adjacent to an activating group) is 1. The Morgan fingerprint density at radius 3 is 2.67 bits per heavy atom. The first-order valence-corrected chi connectivity index (χ1v) is 4.27. The smallest absolute Gasteiger partial charge is 0.0594 e. The summed E-state index contributed by atoms with van der Waals surface area (Å²) < 4.78 is 5.24. The summed E-state index contributed by atoms with van der Waals surface area (Å²) in [5, 5.41) is 0. The molecule has 0 fully saturated rings. The van der Waals surface area contributed by atoms with Crippen molar-refractivity contribution in [1.82, 2.24) is 4.90 Å². The van der Waals surface area contributed by atoms with Crippen LogP contribution in [-0.2, 0) is 4.74 Å². The fourth-order valence-electron chi connectivity index (χ4n) is 0.946. The van der Waals surface area contributed by atoms with Crippen molar-refractivity contribution < 1.29 is 4.74 Å². The maximum absolute atomic E-state index is 5.27. The number of hydrogen-bond donors (Lipinski definition) is 1. The molecule has 0 bridgehead atoms. The molecule has 0 saturated carbocycles. The molecule has 0 aliphatic carbocycles. The number of nitrogens with two attached hydrogens (primary N) is 1. The van der Waals surface area contributed by atoms with Crippen LogP contribution in [0.1, 0.15) is 6.92 Å². The third-order valence-corrected chi connectivity index (χ3v) is 1.42. The monoisotopic (exact) mass is 172 g/mol. The molecular formula is C9H20N2O. The molecule has 0 aromatic rings. The average Bonchev–Trinajstić information content (AvgIpc) is 1.97. The zero-order chi connectivity index (χ0) is 9.40. The molecule has 12 heavy (non-hydrogen) atoms. The maximum Gasteiger partial charge on any atom is 0.0594 e. The topological polar surface area (TPSA) is 38.5 Å². The highest BCUT2D eigenvalue weighted by molar-refractivity contribution is 4.90. The number of ether oxygens (including phenoxy) is 1. The fraction of sp³-hybridized carbons (Fsp3) is 0.778. The van der Waals surface area contributed by atoms with Crippen LogP contribution in [0.5, 0.6) is 0 Å². The van der Waals surface area contributed by atoms with Crippen LogP contribution in [0.25, 0.3) is 0 Å². The molecule has 0 aromatic carbocycles. The minimum Gasteiger partial charge on any atom is -0.379 e. The van der Waals surface area contributed by atoms with E-state index in [2.05, 4.69) is 18.5 Å². The molecule has 0 aromatic heterocycles. The minimum atomic E-state index is 0.601. The van der Waals surface area contributed by atoms with Gasteiger partial charge in [0.1, 0.15) is 0 Å². The molecule has 2 N–H and O–H groups in total. The molecule has 3 nitrogen and oxygen atoms in total. The highest BCUT2D eigenvalue weighted by Gasteiger charge is 1.96. The van der Waals surface area contributed by atoms with Gasteiger partial charge in [0.2, 0.25) is 0 Å². The molecular weight excluding hydrogens is 152 g/mol. The van der Waals surface area contributed by atoms with Crippen molar-refractivity contribution in [2.24, 2.45) is 5.73 Å². The number of hydrogen-bond acceptors (Lipinski definition) is 3. The van der Waals surface area contributed by atoms with E-state index in [0.29, 0.717) is 13.2 Å². The van der Waals surface area contributed by atoms with Gasteiger partial charge in [-0.05, 0) is 14.0 Å². The summed E-state index contributed by atoms with van der Waals surface area (Å²) in [5.41, 5.74) is 6.45. The fourth-order valence-corrected chi connectivity index (χ4v) is 0.946. The van der Waals surface area contributed by atoms with E-state index in [1.807, 2.05) is 6.92 Å². The molecule has 3 heteroatoms. The van der Waals surface area contributed by atoms with Crippen LogP contribution in [-0.4, -0.2) is 44.8 Å². The van der Waals surface area contributed by atoms with Gasteiger partial charge in [0.15, 0.2) is 0 Å². The molecule has 0 aliphatic rings. The van der Waals surface area contributed by atoms with Gasteiger partial charge in [-0.2, -0.15) is 0 Å². The van der Waals surface area contributed by atoms with E-state index in [4.69, 9.17) is 10.5 Å². The van der Waals surface area contributed by atoms with Gasteiger partial charge in [-0.25, -0.2) is 0 Å². The van der Waals surface area contributed by atoms with E-state index >= 15 is 0 Å². The average molecular weight is 172 g/mol. The quantitative estimate of drug-likeness (QED) is 0.448. The second kappa shape index (κ2) is 7.28. The normalized spacial score (nSPS) is 10.7. The van der Waals surface area contributed by atoms with Crippen molar-refractivity contribution in [3.63, 3.8) is 0 Å². The van der Waals surface area contributed by atoms with Gasteiger partial charge in [0.25, 0.3) is 0 Å². The first kappa shape index (κ1) is 11.6. The summed E-state index contributed by atoms with van der Waals surface area (Å²) in [6.45, 7) is 9.74. The number of rotatable bonds is 7. The number of nitrogens with zero attached hydrogens (tertiary/aromatic N) is 1. The van der Waals surface area contributed by atoms with E-state index in [1.54, 1.807) is 0 Å². The summed E-state index contributed by atoms with van der Waals surface area (Å²) in [4.78, 5) is 2.18. The van der Waals surface area contributed by atoms with E-state index in [1.165, 1.54) is 5.57 Å². The molecule has 0 radical (unpaired) electrons. The SMILES string of the molecule is C=C(C)CN(C)CCOCCN. The van der Waals surface area contributed by atoms with Crippen LogP contribution in [0, 0.1) is 0 Å². The molecule has 0 spiro atoms. The first-order valence-electron chi connectivity index (χ1n) is 4.27. The van der Waals surface area contributed by atoms with Gasteiger partial charge < -0.3 is 15.4 Å². The third kappa shape index (κ3) is 7.72. The van der Waals surface area contributed by atoms with Crippen molar-refractivity contribution in [3.05, 3.63) is 12.2 Å². The van der Waals surface area contributed by atoms with Crippen LogP contribution in [0.2, 0.25) is 0 Å². The lowest BCUT2D eigenvalue weighted by atomic mass is 10.3. The van der Waals surface area contributed by atoms with Crippen molar-refractivity contribution in [1.29, 1.82) is 0 Å². The van der Waals surface area contributed by atoms with Crippen LogP contribution in [0.3, 0.4) is 0 Å². The van der Waals surface area contributed by atoms with Crippen LogP contribution in [0.4, 0.5) is 0 Å². The Bertz CT molecular complexity index is 126. The molecule has 0 heterocycles. The Hall–Kier alpha value is -0.380. The van der Waals surface area contributed by atoms with Crippen molar-refractivity contribution >= 4 is 0 Å². The lowest BCUT2D eigenvalue weighted by molar-refractivity contribution is 0.120. The van der Waals surface area contributed by atoms with Gasteiger partial charge in [0.05, 0.1) is 13.2 Å². The molecule has 0 aliphatic heterocycles. The largest absolute Gasteiger partial charge is 0.379 e. The van der Waals surface area contributed by atoms with E-state index in [-0.39, 0.29) is 0 Å². The Labute approximate surface area is 75.2 Å². The Morgan fingerprint density at radius 1 is 1.50 bits per heavy atom. The molecule has 0 amide bonds. The van der Waals surface area contributed by atoms with Gasteiger partial charge >= 0.3 is 0 Å². The lowest BCUT2D eigenvalue weighted by Crippen LogP contribution is -2.25. The Morgan fingerprint density at radius 2 is 2.17 bits per heavy atom. The summed E-state index contributed by atoms with van der Waals surface area (Å²) >= 11 is 0. The van der Waals surface area contributed by atoms with Crippen LogP contribution >= 0.6 is 0 Å². The van der Waals surface area contributed by atoms with Gasteiger partial charge in [0, 0.05) is 19.6 Å². The van der Waals surface area contributed by atoms with Crippen LogP contribution in [0.15, 0.2) is 12.2 Å². The minimum absolute atomic E-state index is 0.601. The first-order chi connectivity index (χ1) is 5.66. The summed E-state index contributed by atoms with van der Waals surface area (Å²) in [6, 6.07) is 0. The molecule has 0 atom stereocenters. The van der Waals surface area contributed by atoms with Gasteiger partial charge in [-0.3, -0.25) is 0 Å². The Kier molecular flexibility index (Phi) is 7.05. The highest BCUT2D eigenvalue weighted by Crippen LogP contribution is 1.91. The zero-order valence-corrected chi connectivity index (χ0v) is 8.18. The molecule has 0 rings (SSSR count). The van der Waals surface area contributed by atoms with Crippen molar-refractivity contribution in [2.45, 2.75) is 6.92 Å². The van der Waals surface area contributed by atoms with E-state index < -0.39 is 0 Å².